The fourth-order valence-corrected chi connectivity index (χ4v) is 4.63. The number of benzene rings is 2. The fraction of sp³-hybridized carbons (Fsp3) is 0.381. The monoisotopic (exact) mass is 422 g/mol. The van der Waals surface area contributed by atoms with Gasteiger partial charge in [-0.3, -0.25) is 9.59 Å². The van der Waals surface area contributed by atoms with E-state index in [-0.39, 0.29) is 11.8 Å². The molecular weight excluding hydrogens is 400 g/mol. The lowest BCUT2D eigenvalue weighted by molar-refractivity contribution is -0.129. The van der Waals surface area contributed by atoms with Crippen molar-refractivity contribution in [2.24, 2.45) is 0 Å². The van der Waals surface area contributed by atoms with Crippen molar-refractivity contribution in [2.45, 2.75) is 24.0 Å². The smallest absolute Gasteiger partial charge is 0.254 e. The van der Waals surface area contributed by atoms with Crippen molar-refractivity contribution in [3.8, 4) is 0 Å². The third kappa shape index (κ3) is 3.77. The topological polar surface area (TPSA) is 84.2 Å². The van der Waals surface area contributed by atoms with Crippen LogP contribution in [0, 0.1) is 0 Å². The predicted molar refractivity (Wildman–Crippen MR) is 113 cm³/mol. The Morgan fingerprint density at radius 1 is 0.967 bits per heavy atom. The van der Waals surface area contributed by atoms with Gasteiger partial charge < -0.3 is 9.80 Å². The average molecular weight is 423 g/mol. The summed E-state index contributed by atoms with van der Waals surface area (Å²) in [7, 11) is 0. The number of thioether (sulfide) groups is 1. The molecular formula is C21H22N6O2S. The Balaban J connectivity index is 1.18. The largest absolute Gasteiger partial charge is 0.338 e. The van der Waals surface area contributed by atoms with Crippen molar-refractivity contribution >= 4 is 34.3 Å². The standard InChI is InChI=1S/C21H22N6O2S/c28-19(14-30-21-22-23-24-27(21)16-8-9-16)25-10-12-26(13-11-25)20(29)18-7-3-5-15-4-1-2-6-17(15)18/h1-7,16H,8-14H2. The molecule has 0 spiro atoms. The van der Waals surface area contributed by atoms with Crippen LogP contribution in [-0.2, 0) is 4.79 Å². The van der Waals surface area contributed by atoms with Gasteiger partial charge in [-0.15, -0.1) is 5.10 Å². The number of aromatic nitrogens is 4. The van der Waals surface area contributed by atoms with Crippen LogP contribution >= 0.6 is 11.8 Å². The summed E-state index contributed by atoms with van der Waals surface area (Å²) in [6, 6.07) is 14.1. The molecule has 3 aromatic rings. The van der Waals surface area contributed by atoms with Crippen LogP contribution in [0.4, 0.5) is 0 Å². The Labute approximate surface area is 178 Å². The molecule has 1 aliphatic heterocycles. The SMILES string of the molecule is O=C(CSc1nnnn1C1CC1)N1CCN(C(=O)c2cccc3ccccc23)CC1. The molecule has 30 heavy (non-hydrogen) atoms. The number of nitrogens with zero attached hydrogens (tertiary/aromatic N) is 6. The molecule has 1 saturated heterocycles. The molecule has 2 fully saturated rings. The van der Waals surface area contributed by atoms with E-state index in [2.05, 4.69) is 15.5 Å². The Morgan fingerprint density at radius 3 is 2.50 bits per heavy atom. The second kappa shape index (κ2) is 8.06. The molecule has 8 nitrogen and oxygen atoms in total. The highest BCUT2D eigenvalue weighted by molar-refractivity contribution is 7.99. The normalized spacial score (nSPS) is 16.8. The van der Waals surface area contributed by atoms with Crippen LogP contribution in [0.25, 0.3) is 10.8 Å². The maximum atomic E-state index is 13.1. The van der Waals surface area contributed by atoms with Crippen LogP contribution in [0.3, 0.4) is 0 Å². The first-order chi connectivity index (χ1) is 14.7. The van der Waals surface area contributed by atoms with Crippen molar-refractivity contribution in [1.82, 2.24) is 30.0 Å². The van der Waals surface area contributed by atoms with E-state index in [0.717, 1.165) is 29.2 Å². The third-order valence-corrected chi connectivity index (χ3v) is 6.54. The number of amides is 2. The number of carbonyl (C=O) groups is 2. The number of rotatable bonds is 5. The molecule has 0 radical (unpaired) electrons. The molecule has 0 unspecified atom stereocenters. The summed E-state index contributed by atoms with van der Waals surface area (Å²) in [6.45, 7) is 2.17. The molecule has 0 bridgehead atoms. The molecule has 9 heteroatoms. The molecule has 2 aromatic carbocycles. The van der Waals surface area contributed by atoms with Gasteiger partial charge in [0.2, 0.25) is 11.1 Å². The maximum absolute atomic E-state index is 13.1. The van der Waals surface area contributed by atoms with E-state index in [4.69, 9.17) is 0 Å². The van der Waals surface area contributed by atoms with E-state index in [1.54, 1.807) is 0 Å². The summed E-state index contributed by atoms with van der Waals surface area (Å²) < 4.78 is 1.82. The van der Waals surface area contributed by atoms with Crippen LogP contribution in [0.1, 0.15) is 29.2 Å². The second-order valence-corrected chi connectivity index (χ2v) is 8.57. The van der Waals surface area contributed by atoms with Crippen molar-refractivity contribution in [3.63, 3.8) is 0 Å². The minimum absolute atomic E-state index is 0.0249. The zero-order chi connectivity index (χ0) is 20.5. The highest BCUT2D eigenvalue weighted by Crippen LogP contribution is 2.36. The second-order valence-electron chi connectivity index (χ2n) is 7.63. The van der Waals surface area contributed by atoms with E-state index in [0.29, 0.717) is 43.1 Å². The lowest BCUT2D eigenvalue weighted by atomic mass is 10.0. The van der Waals surface area contributed by atoms with Gasteiger partial charge in [0.1, 0.15) is 0 Å². The minimum atomic E-state index is 0.0249. The lowest BCUT2D eigenvalue weighted by Crippen LogP contribution is -2.51. The van der Waals surface area contributed by atoms with E-state index >= 15 is 0 Å². The van der Waals surface area contributed by atoms with Crippen molar-refractivity contribution < 1.29 is 9.59 Å². The number of tetrazole rings is 1. The van der Waals surface area contributed by atoms with Crippen LogP contribution in [0.15, 0.2) is 47.6 Å². The first-order valence-corrected chi connectivity index (χ1v) is 11.1. The fourth-order valence-electron chi connectivity index (χ4n) is 3.79. The van der Waals surface area contributed by atoms with Gasteiger partial charge in [-0.2, -0.15) is 0 Å². The first kappa shape index (κ1) is 19.0. The Hall–Kier alpha value is -2.94. The predicted octanol–water partition coefficient (Wildman–Crippen LogP) is 2.24. The van der Waals surface area contributed by atoms with Crippen molar-refractivity contribution in [1.29, 1.82) is 0 Å². The minimum Gasteiger partial charge on any atom is -0.338 e. The summed E-state index contributed by atoms with van der Waals surface area (Å²) in [5, 5.41) is 14.5. The lowest BCUT2D eigenvalue weighted by Gasteiger charge is -2.35. The number of hydrogen-bond acceptors (Lipinski definition) is 6. The first-order valence-electron chi connectivity index (χ1n) is 10.2. The summed E-state index contributed by atoms with van der Waals surface area (Å²) in [5.74, 6) is 0.393. The molecule has 0 atom stereocenters. The third-order valence-electron chi connectivity index (χ3n) is 5.62. The molecule has 1 aromatic heterocycles. The molecule has 1 saturated carbocycles. The highest BCUT2D eigenvalue weighted by atomic mass is 32.2. The molecule has 0 N–H and O–H groups in total. The van der Waals surface area contributed by atoms with Gasteiger partial charge >= 0.3 is 0 Å². The Bertz CT molecular complexity index is 1080. The summed E-state index contributed by atoms with van der Waals surface area (Å²) in [6.07, 6.45) is 2.19. The Kier molecular flexibility index (Phi) is 5.12. The highest BCUT2D eigenvalue weighted by Gasteiger charge is 2.29. The van der Waals surface area contributed by atoms with E-state index < -0.39 is 0 Å². The van der Waals surface area contributed by atoms with Crippen LogP contribution in [0.2, 0.25) is 0 Å². The van der Waals surface area contributed by atoms with Gasteiger partial charge in [0.15, 0.2) is 0 Å². The summed E-state index contributed by atoms with van der Waals surface area (Å²) >= 11 is 1.38. The molecule has 2 heterocycles. The van der Waals surface area contributed by atoms with Gasteiger partial charge in [-0.25, -0.2) is 4.68 Å². The number of fused-ring (bicyclic) bond motifs is 1. The Morgan fingerprint density at radius 2 is 1.70 bits per heavy atom. The molecule has 2 amide bonds. The average Bonchev–Trinajstić information content (AvgIpc) is 3.54. The zero-order valence-electron chi connectivity index (χ0n) is 16.5. The molecule has 154 valence electrons. The van der Waals surface area contributed by atoms with Gasteiger partial charge in [-0.05, 0) is 40.1 Å². The maximum Gasteiger partial charge on any atom is 0.254 e. The van der Waals surface area contributed by atoms with E-state index in [1.807, 2.05) is 56.9 Å². The van der Waals surface area contributed by atoms with Gasteiger partial charge in [0, 0.05) is 31.7 Å². The van der Waals surface area contributed by atoms with Crippen molar-refractivity contribution in [3.05, 3.63) is 48.0 Å². The van der Waals surface area contributed by atoms with Gasteiger partial charge in [-0.1, -0.05) is 48.2 Å². The molecule has 1 aliphatic carbocycles. The molecule has 5 rings (SSSR count). The summed E-state index contributed by atoms with van der Waals surface area (Å²) in [5.41, 5.74) is 0.718. The van der Waals surface area contributed by atoms with E-state index in [1.165, 1.54) is 11.8 Å². The van der Waals surface area contributed by atoms with Crippen molar-refractivity contribution in [2.75, 3.05) is 31.9 Å². The zero-order valence-corrected chi connectivity index (χ0v) is 17.3. The quantitative estimate of drug-likeness (QED) is 0.587. The number of piperazine rings is 1. The van der Waals surface area contributed by atoms with Gasteiger partial charge in [0.25, 0.3) is 5.91 Å². The van der Waals surface area contributed by atoms with Gasteiger partial charge in [0.05, 0.1) is 11.8 Å². The van der Waals surface area contributed by atoms with Crippen LogP contribution in [-0.4, -0.2) is 73.8 Å². The number of carbonyl (C=O) groups excluding carboxylic acids is 2. The van der Waals surface area contributed by atoms with Crippen LogP contribution in [0.5, 0.6) is 0 Å². The van der Waals surface area contributed by atoms with E-state index in [9.17, 15) is 9.59 Å². The summed E-state index contributed by atoms with van der Waals surface area (Å²) in [4.78, 5) is 29.4. The van der Waals surface area contributed by atoms with Crippen LogP contribution < -0.4 is 0 Å². The molecule has 2 aliphatic rings. The number of hydrogen-bond donors (Lipinski definition) is 0.